The van der Waals surface area contributed by atoms with Crippen molar-refractivity contribution in [3.05, 3.63) is 47.0 Å². The molecule has 0 N–H and O–H groups in total. The Morgan fingerprint density at radius 1 is 1.06 bits per heavy atom. The van der Waals surface area contributed by atoms with E-state index in [9.17, 15) is 9.59 Å². The van der Waals surface area contributed by atoms with Gasteiger partial charge in [0.1, 0.15) is 0 Å². The Hall–Kier alpha value is -1.35. The second-order valence-corrected chi connectivity index (χ2v) is 7.11. The van der Waals surface area contributed by atoms with Crippen LogP contribution in [-0.4, -0.2) is 22.1 Å². The summed E-state index contributed by atoms with van der Waals surface area (Å²) in [6, 6.07) is 7.01. The van der Waals surface area contributed by atoms with Crippen LogP contribution in [0.5, 0.6) is 0 Å². The Morgan fingerprint density at radius 3 is 2.28 bits per heavy atom. The average molecular weight is 260 g/mol. The maximum Gasteiger partial charge on any atom is 0.190 e. The van der Waals surface area contributed by atoms with Crippen molar-refractivity contribution < 1.29 is 9.59 Å². The Kier molecular flexibility index (Phi) is 3.44. The minimum Gasteiger partial charge on any atom is -0.289 e. The molecule has 0 fully saturated rings. The molecule has 2 rings (SSSR count). The quantitative estimate of drug-likeness (QED) is 0.816. The van der Waals surface area contributed by atoms with E-state index in [1.165, 1.54) is 6.08 Å². The van der Waals surface area contributed by atoms with Crippen molar-refractivity contribution in [2.45, 2.75) is 25.5 Å². The molecule has 1 aromatic rings. The highest BCUT2D eigenvalue weighted by atomic mass is 32.2. The summed E-state index contributed by atoms with van der Waals surface area (Å²) in [4.78, 5) is 24.2. The third kappa shape index (κ3) is 2.72. The van der Waals surface area contributed by atoms with Gasteiger partial charge in [0.05, 0.1) is 0 Å². The third-order valence-electron chi connectivity index (χ3n) is 2.69. The highest BCUT2D eigenvalue weighted by Crippen LogP contribution is 2.29. The van der Waals surface area contributed by atoms with Crippen molar-refractivity contribution in [3.8, 4) is 0 Å². The number of fused-ring (bicyclic) bond motifs is 1. The maximum absolute atomic E-state index is 12.2. The lowest BCUT2D eigenvalue weighted by molar-refractivity contribution is 0.0985. The van der Waals surface area contributed by atoms with Gasteiger partial charge in [0.2, 0.25) is 0 Å². The Labute approximate surface area is 111 Å². The van der Waals surface area contributed by atoms with E-state index in [1.54, 1.807) is 36.0 Å². The molecule has 0 radical (unpaired) electrons. The molecule has 0 heterocycles. The zero-order valence-corrected chi connectivity index (χ0v) is 11.6. The van der Waals surface area contributed by atoms with Gasteiger partial charge in [-0.1, -0.05) is 45.0 Å². The topological polar surface area (TPSA) is 34.1 Å². The molecule has 0 spiro atoms. The number of carbonyl (C=O) groups is 2. The van der Waals surface area contributed by atoms with Gasteiger partial charge in [-0.15, -0.1) is 0 Å². The number of hydrogen-bond acceptors (Lipinski definition) is 3. The number of carbonyl (C=O) groups excluding carboxylic acids is 2. The molecule has 1 aromatic carbocycles. The number of benzene rings is 1. The fraction of sp³-hybridized carbons (Fsp3) is 0.333. The molecule has 1 aliphatic carbocycles. The van der Waals surface area contributed by atoms with Gasteiger partial charge in [-0.2, -0.15) is 11.8 Å². The lowest BCUT2D eigenvalue weighted by Crippen LogP contribution is -2.20. The van der Waals surface area contributed by atoms with E-state index < -0.39 is 0 Å². The SMILES string of the molecule is CC(C)(C)SCC1=CC(=O)c2ccccc2C1=O. The van der Waals surface area contributed by atoms with Gasteiger partial charge in [0, 0.05) is 27.2 Å². The fourth-order valence-electron chi connectivity index (χ4n) is 1.77. The zero-order valence-electron chi connectivity index (χ0n) is 10.8. The lowest BCUT2D eigenvalue weighted by Gasteiger charge is -2.20. The third-order valence-corrected chi connectivity index (χ3v) is 4.02. The average Bonchev–Trinajstić information content (AvgIpc) is 2.31. The summed E-state index contributed by atoms with van der Waals surface area (Å²) >= 11 is 1.68. The van der Waals surface area contributed by atoms with Crippen molar-refractivity contribution in [1.29, 1.82) is 0 Å². The predicted octanol–water partition coefficient (Wildman–Crippen LogP) is 3.52. The van der Waals surface area contributed by atoms with Gasteiger partial charge in [0.15, 0.2) is 11.6 Å². The smallest absolute Gasteiger partial charge is 0.190 e. The Morgan fingerprint density at radius 2 is 1.67 bits per heavy atom. The van der Waals surface area contributed by atoms with Crippen LogP contribution in [0.3, 0.4) is 0 Å². The van der Waals surface area contributed by atoms with Crippen LogP contribution in [0.15, 0.2) is 35.9 Å². The molecule has 0 saturated heterocycles. The van der Waals surface area contributed by atoms with E-state index in [0.29, 0.717) is 22.5 Å². The lowest BCUT2D eigenvalue weighted by atomic mass is 9.90. The second-order valence-electron chi connectivity index (χ2n) is 5.31. The van der Waals surface area contributed by atoms with Gasteiger partial charge in [-0.3, -0.25) is 9.59 Å². The number of Topliss-reactive ketones (excluding diaryl/α,β-unsaturated/α-hetero) is 1. The molecule has 0 aliphatic heterocycles. The van der Waals surface area contributed by atoms with E-state index in [1.807, 2.05) is 0 Å². The molecule has 3 heteroatoms. The van der Waals surface area contributed by atoms with Crippen molar-refractivity contribution in [2.24, 2.45) is 0 Å². The summed E-state index contributed by atoms with van der Waals surface area (Å²) in [5.41, 5.74) is 1.67. The van der Waals surface area contributed by atoms with E-state index >= 15 is 0 Å². The van der Waals surface area contributed by atoms with Crippen LogP contribution >= 0.6 is 11.8 Å². The summed E-state index contributed by atoms with van der Waals surface area (Å²) in [5, 5.41) is 0. The predicted molar refractivity (Wildman–Crippen MR) is 75.4 cm³/mol. The molecule has 94 valence electrons. The minimum absolute atomic E-state index is 0.0121. The van der Waals surface area contributed by atoms with Crippen LogP contribution in [0.4, 0.5) is 0 Å². The fourth-order valence-corrected chi connectivity index (χ4v) is 2.57. The molecule has 2 nitrogen and oxygen atoms in total. The molecule has 1 aliphatic rings. The summed E-state index contributed by atoms with van der Waals surface area (Å²) < 4.78 is 0.0845. The van der Waals surface area contributed by atoms with Crippen molar-refractivity contribution in [1.82, 2.24) is 0 Å². The number of thioether (sulfide) groups is 1. The van der Waals surface area contributed by atoms with Crippen LogP contribution < -0.4 is 0 Å². The number of rotatable bonds is 2. The summed E-state index contributed by atoms with van der Waals surface area (Å²) in [6.07, 6.45) is 1.49. The molecule has 0 amide bonds. The highest BCUT2D eigenvalue weighted by Gasteiger charge is 2.25. The van der Waals surface area contributed by atoms with E-state index in [2.05, 4.69) is 20.8 Å². The number of hydrogen-bond donors (Lipinski definition) is 0. The first-order chi connectivity index (χ1) is 8.38. The normalized spacial score (nSPS) is 15.4. The standard InChI is InChI=1S/C15H16O2S/c1-15(2,3)18-9-10-8-13(16)11-6-4-5-7-12(11)14(10)17/h4-8H,9H2,1-3H3. The second kappa shape index (κ2) is 4.73. The number of allylic oxidation sites excluding steroid dienone is 1. The van der Waals surface area contributed by atoms with Gasteiger partial charge in [-0.25, -0.2) is 0 Å². The van der Waals surface area contributed by atoms with Gasteiger partial charge in [-0.05, 0) is 6.08 Å². The monoisotopic (exact) mass is 260 g/mol. The summed E-state index contributed by atoms with van der Waals surface area (Å²) in [7, 11) is 0. The zero-order chi connectivity index (χ0) is 13.3. The van der Waals surface area contributed by atoms with E-state index in [4.69, 9.17) is 0 Å². The molecule has 18 heavy (non-hydrogen) atoms. The Balaban J connectivity index is 2.26. The van der Waals surface area contributed by atoms with Gasteiger partial charge in [0.25, 0.3) is 0 Å². The first kappa shape index (κ1) is 13.1. The van der Waals surface area contributed by atoms with Crippen molar-refractivity contribution >= 4 is 23.3 Å². The van der Waals surface area contributed by atoms with Crippen LogP contribution in [0.25, 0.3) is 0 Å². The van der Waals surface area contributed by atoms with Crippen LogP contribution in [0, 0.1) is 0 Å². The summed E-state index contributed by atoms with van der Waals surface area (Å²) in [5.74, 6) is 0.513. The maximum atomic E-state index is 12.2. The highest BCUT2D eigenvalue weighted by molar-refractivity contribution is 8.00. The minimum atomic E-state index is -0.0605. The molecule has 0 aromatic heterocycles. The van der Waals surface area contributed by atoms with Gasteiger partial charge >= 0.3 is 0 Å². The molecular formula is C15H16O2S. The van der Waals surface area contributed by atoms with Crippen LogP contribution in [0.1, 0.15) is 41.5 Å². The molecule has 0 unspecified atom stereocenters. The molecule has 0 bridgehead atoms. The Bertz CT molecular complexity index is 536. The van der Waals surface area contributed by atoms with Gasteiger partial charge < -0.3 is 0 Å². The van der Waals surface area contributed by atoms with Crippen molar-refractivity contribution in [2.75, 3.05) is 5.75 Å². The van der Waals surface area contributed by atoms with E-state index in [-0.39, 0.29) is 16.3 Å². The van der Waals surface area contributed by atoms with E-state index in [0.717, 1.165) is 0 Å². The van der Waals surface area contributed by atoms with Crippen LogP contribution in [-0.2, 0) is 0 Å². The first-order valence-electron chi connectivity index (χ1n) is 5.91. The van der Waals surface area contributed by atoms with Crippen LogP contribution in [0.2, 0.25) is 0 Å². The van der Waals surface area contributed by atoms with Crippen molar-refractivity contribution in [3.63, 3.8) is 0 Å². The molecular weight excluding hydrogens is 244 g/mol. The molecule has 0 saturated carbocycles. The first-order valence-corrected chi connectivity index (χ1v) is 6.89. The molecule has 0 atom stereocenters. The summed E-state index contributed by atoms with van der Waals surface area (Å²) in [6.45, 7) is 6.30. The number of ketones is 2. The largest absolute Gasteiger partial charge is 0.289 e.